The van der Waals surface area contributed by atoms with Crippen LogP contribution in [0.3, 0.4) is 0 Å². The van der Waals surface area contributed by atoms with Crippen molar-refractivity contribution in [1.29, 1.82) is 0 Å². The molecule has 0 amide bonds. The number of rotatable bonds is 7. The minimum Gasteiger partial charge on any atom is -0.303 e. The number of nitrogens with zero attached hydrogens (tertiary/aromatic N) is 4. The van der Waals surface area contributed by atoms with Crippen molar-refractivity contribution in [1.82, 2.24) is 14.4 Å². The van der Waals surface area contributed by atoms with Gasteiger partial charge in [0.1, 0.15) is 11.4 Å². The highest BCUT2D eigenvalue weighted by molar-refractivity contribution is 6.01. The lowest BCUT2D eigenvalue weighted by molar-refractivity contribution is -0.117. The fourth-order valence-electron chi connectivity index (χ4n) is 3.24. The Bertz CT molecular complexity index is 1020. The third kappa shape index (κ3) is 4.47. The number of ketones is 1. The van der Waals surface area contributed by atoms with Crippen LogP contribution in [-0.2, 0) is 11.2 Å². The summed E-state index contributed by atoms with van der Waals surface area (Å²) in [5.74, 6) is 0.141. The number of benzene rings is 1. The molecule has 2 aromatic heterocycles. The van der Waals surface area contributed by atoms with Gasteiger partial charge in [-0.25, -0.2) is 4.98 Å². The lowest BCUT2D eigenvalue weighted by Gasteiger charge is -2.11. The molecule has 146 valence electrons. The Morgan fingerprint density at radius 3 is 2.46 bits per heavy atom. The first kappa shape index (κ1) is 19.8. The van der Waals surface area contributed by atoms with E-state index in [-0.39, 0.29) is 5.78 Å². The Morgan fingerprint density at radius 2 is 1.79 bits per heavy atom. The van der Waals surface area contributed by atoms with Gasteiger partial charge in [0.25, 0.3) is 0 Å². The van der Waals surface area contributed by atoms with E-state index < -0.39 is 0 Å². The third-order valence-electron chi connectivity index (χ3n) is 4.81. The average Bonchev–Trinajstić information content (AvgIpc) is 2.99. The van der Waals surface area contributed by atoms with Crippen LogP contribution in [-0.4, -0.2) is 39.5 Å². The van der Waals surface area contributed by atoms with Crippen molar-refractivity contribution in [3.63, 3.8) is 0 Å². The second-order valence-electron chi connectivity index (χ2n) is 7.41. The van der Waals surface area contributed by atoms with Crippen LogP contribution in [0.25, 0.3) is 16.9 Å². The summed E-state index contributed by atoms with van der Waals surface area (Å²) < 4.78 is 2.05. The molecule has 1 aromatic carbocycles. The zero-order chi connectivity index (χ0) is 20.3. The van der Waals surface area contributed by atoms with Crippen molar-refractivity contribution in [2.75, 3.05) is 13.6 Å². The summed E-state index contributed by atoms with van der Waals surface area (Å²) in [7, 11) is 1.91. The molecule has 5 nitrogen and oxygen atoms in total. The molecule has 0 aliphatic carbocycles. The molecule has 3 aromatic rings. The fourth-order valence-corrected chi connectivity index (χ4v) is 3.24. The van der Waals surface area contributed by atoms with Crippen LogP contribution in [0.2, 0.25) is 0 Å². The molecule has 2 heterocycles. The largest absolute Gasteiger partial charge is 0.303 e. The van der Waals surface area contributed by atoms with Crippen LogP contribution in [0.5, 0.6) is 0 Å². The van der Waals surface area contributed by atoms with Crippen LogP contribution in [0, 0.1) is 13.8 Å². The molecular weight excluding hydrogens is 348 g/mol. The zero-order valence-corrected chi connectivity index (χ0v) is 17.4. The summed E-state index contributed by atoms with van der Waals surface area (Å²) in [6.45, 7) is 8.87. The molecule has 28 heavy (non-hydrogen) atoms. The molecule has 0 atom stereocenters. The minimum atomic E-state index is 0.141. The van der Waals surface area contributed by atoms with Gasteiger partial charge in [-0.1, -0.05) is 35.9 Å². The molecule has 0 bridgehead atoms. The Hall–Kier alpha value is -2.95. The van der Waals surface area contributed by atoms with Gasteiger partial charge in [0.2, 0.25) is 0 Å². The summed E-state index contributed by atoms with van der Waals surface area (Å²) in [5.41, 5.74) is 6.87. The molecule has 0 fully saturated rings. The first-order valence-corrected chi connectivity index (χ1v) is 9.69. The second-order valence-corrected chi connectivity index (χ2v) is 7.41. The van der Waals surface area contributed by atoms with E-state index in [1.165, 1.54) is 5.56 Å². The Labute approximate surface area is 166 Å². The van der Waals surface area contributed by atoms with E-state index in [9.17, 15) is 4.79 Å². The standard InChI is InChI=1S/C23H28N4O/c1-6-26(5)25-18(4)13-20(28)14-21-23(19-10-7-16(2)8-11-19)24-22-12-9-17(3)15-27(21)22/h7-12,15H,6,13-14H2,1-5H3/b25-18-. The summed E-state index contributed by atoms with van der Waals surface area (Å²) in [5, 5.41) is 6.28. The van der Waals surface area contributed by atoms with Crippen molar-refractivity contribution in [2.24, 2.45) is 5.10 Å². The van der Waals surface area contributed by atoms with Gasteiger partial charge in [0.15, 0.2) is 0 Å². The number of Topliss-reactive ketones (excluding diaryl/α,β-unsaturated/α-hetero) is 1. The van der Waals surface area contributed by atoms with Crippen LogP contribution >= 0.6 is 0 Å². The lowest BCUT2D eigenvalue weighted by Crippen LogP contribution is -2.16. The SMILES string of the molecule is CCN(C)/N=C(/C)CC(=O)Cc1c(-c2ccc(C)cc2)nc2ccc(C)cn12. The topological polar surface area (TPSA) is 50.0 Å². The molecule has 0 aliphatic heterocycles. The van der Waals surface area contributed by atoms with Gasteiger partial charge in [-0.05, 0) is 39.3 Å². The summed E-state index contributed by atoms with van der Waals surface area (Å²) in [6.07, 6.45) is 2.72. The fraction of sp³-hybridized carbons (Fsp3) is 0.348. The number of hydrogen-bond donors (Lipinski definition) is 0. The lowest BCUT2D eigenvalue weighted by atomic mass is 10.0. The van der Waals surface area contributed by atoms with Gasteiger partial charge in [-0.3, -0.25) is 4.79 Å². The van der Waals surface area contributed by atoms with Crippen molar-refractivity contribution in [2.45, 2.75) is 40.5 Å². The molecule has 0 N–H and O–H groups in total. The first-order chi connectivity index (χ1) is 13.4. The number of aromatic nitrogens is 2. The molecule has 0 saturated carbocycles. The number of imidazole rings is 1. The zero-order valence-electron chi connectivity index (χ0n) is 17.4. The summed E-state index contributed by atoms with van der Waals surface area (Å²) >= 11 is 0. The predicted molar refractivity (Wildman–Crippen MR) is 115 cm³/mol. The van der Waals surface area contributed by atoms with Gasteiger partial charge < -0.3 is 9.41 Å². The van der Waals surface area contributed by atoms with E-state index in [4.69, 9.17) is 4.98 Å². The van der Waals surface area contributed by atoms with Gasteiger partial charge in [-0.2, -0.15) is 5.10 Å². The van der Waals surface area contributed by atoms with Crippen molar-refractivity contribution in [3.8, 4) is 11.3 Å². The van der Waals surface area contributed by atoms with E-state index in [1.54, 1.807) is 0 Å². The third-order valence-corrected chi connectivity index (χ3v) is 4.81. The summed E-state index contributed by atoms with van der Waals surface area (Å²) in [4.78, 5) is 17.6. The molecular formula is C23H28N4O. The van der Waals surface area contributed by atoms with Gasteiger partial charge in [-0.15, -0.1) is 0 Å². The van der Waals surface area contributed by atoms with Gasteiger partial charge in [0, 0.05) is 43.9 Å². The maximum absolute atomic E-state index is 12.8. The number of hydrogen-bond acceptors (Lipinski definition) is 4. The van der Waals surface area contributed by atoms with E-state index >= 15 is 0 Å². The highest BCUT2D eigenvalue weighted by atomic mass is 16.1. The van der Waals surface area contributed by atoms with Crippen LogP contribution < -0.4 is 0 Å². The smallest absolute Gasteiger partial charge is 0.144 e. The average molecular weight is 377 g/mol. The molecule has 3 rings (SSSR count). The van der Waals surface area contributed by atoms with Gasteiger partial charge >= 0.3 is 0 Å². The summed E-state index contributed by atoms with van der Waals surface area (Å²) in [6, 6.07) is 12.3. The van der Waals surface area contributed by atoms with Gasteiger partial charge in [0.05, 0.1) is 11.4 Å². The predicted octanol–water partition coefficient (Wildman–Crippen LogP) is 4.45. The molecule has 0 spiro atoms. The van der Waals surface area contributed by atoms with E-state index in [0.717, 1.165) is 40.4 Å². The van der Waals surface area contributed by atoms with Crippen molar-refractivity contribution in [3.05, 3.63) is 59.4 Å². The minimum absolute atomic E-state index is 0.141. The first-order valence-electron chi connectivity index (χ1n) is 9.69. The normalized spacial score (nSPS) is 11.8. The van der Waals surface area contributed by atoms with Crippen molar-refractivity contribution < 1.29 is 4.79 Å². The van der Waals surface area contributed by atoms with E-state index in [2.05, 4.69) is 42.5 Å². The quantitative estimate of drug-likeness (QED) is 0.452. The Morgan fingerprint density at radius 1 is 1.11 bits per heavy atom. The number of aryl methyl sites for hydroxylation is 2. The number of carbonyl (C=O) groups is 1. The second kappa shape index (κ2) is 8.38. The highest BCUT2D eigenvalue weighted by Crippen LogP contribution is 2.26. The number of hydrazone groups is 1. The van der Waals surface area contributed by atoms with Crippen LogP contribution in [0.4, 0.5) is 0 Å². The number of fused-ring (bicyclic) bond motifs is 1. The number of carbonyl (C=O) groups excluding carboxylic acids is 1. The monoisotopic (exact) mass is 376 g/mol. The molecule has 0 saturated heterocycles. The maximum Gasteiger partial charge on any atom is 0.144 e. The Kier molecular flexibility index (Phi) is 5.93. The van der Waals surface area contributed by atoms with E-state index in [1.807, 2.05) is 49.4 Å². The maximum atomic E-state index is 12.8. The van der Waals surface area contributed by atoms with E-state index in [0.29, 0.717) is 12.8 Å². The molecule has 0 radical (unpaired) electrons. The molecule has 0 aliphatic rings. The number of pyridine rings is 1. The van der Waals surface area contributed by atoms with Crippen molar-refractivity contribution >= 4 is 17.1 Å². The Balaban J connectivity index is 1.97. The van der Waals surface area contributed by atoms with Crippen LogP contribution in [0.1, 0.15) is 37.1 Å². The molecule has 5 heteroatoms. The molecule has 0 unspecified atom stereocenters. The highest BCUT2D eigenvalue weighted by Gasteiger charge is 2.18. The van der Waals surface area contributed by atoms with Crippen LogP contribution in [0.15, 0.2) is 47.7 Å².